The lowest BCUT2D eigenvalue weighted by atomic mass is 10.0. The third kappa shape index (κ3) is 4.29. The molecule has 2 rings (SSSR count). The van der Waals surface area contributed by atoms with Gasteiger partial charge >= 0.3 is 0 Å². The van der Waals surface area contributed by atoms with Crippen molar-refractivity contribution >= 4 is 41.3 Å². The summed E-state index contributed by atoms with van der Waals surface area (Å²) < 4.78 is 0. The van der Waals surface area contributed by atoms with E-state index < -0.39 is 23.9 Å². The van der Waals surface area contributed by atoms with Crippen LogP contribution < -0.4 is 16.4 Å². The van der Waals surface area contributed by atoms with Crippen LogP contribution in [0.1, 0.15) is 12.5 Å². The van der Waals surface area contributed by atoms with E-state index in [0.29, 0.717) is 0 Å². The van der Waals surface area contributed by atoms with Gasteiger partial charge in [-0.2, -0.15) is 12.6 Å². The summed E-state index contributed by atoms with van der Waals surface area (Å²) in [5, 5.41) is 6.10. The second-order valence-electron chi connectivity index (χ2n) is 5.46. The van der Waals surface area contributed by atoms with Gasteiger partial charge in [-0.1, -0.05) is 18.2 Å². The van der Waals surface area contributed by atoms with E-state index in [1.807, 2.05) is 24.3 Å². The normalized spacial score (nSPS) is 13.2. The van der Waals surface area contributed by atoms with Crippen molar-refractivity contribution in [1.82, 2.24) is 15.6 Å². The molecule has 1 aromatic heterocycles. The van der Waals surface area contributed by atoms with Gasteiger partial charge < -0.3 is 21.4 Å². The van der Waals surface area contributed by atoms with Crippen LogP contribution >= 0.6 is 12.6 Å². The molecule has 0 saturated heterocycles. The predicted molar refractivity (Wildman–Crippen MR) is 94.6 cm³/mol. The number of H-pyrrole nitrogens is 1. The maximum absolute atomic E-state index is 12.4. The summed E-state index contributed by atoms with van der Waals surface area (Å²) >= 11 is 4.00. The molecule has 0 saturated carbocycles. The van der Waals surface area contributed by atoms with Crippen LogP contribution in [0.2, 0.25) is 0 Å². The molecule has 0 spiro atoms. The number of aromatic amines is 1. The van der Waals surface area contributed by atoms with E-state index in [1.54, 1.807) is 6.20 Å². The van der Waals surface area contributed by atoms with Gasteiger partial charge in [0.2, 0.25) is 17.7 Å². The van der Waals surface area contributed by atoms with Crippen molar-refractivity contribution < 1.29 is 14.4 Å². The summed E-state index contributed by atoms with van der Waals surface area (Å²) in [6.45, 7) is 1.33. The minimum absolute atomic E-state index is 0.0843. The Hall–Kier alpha value is -2.48. The van der Waals surface area contributed by atoms with Gasteiger partial charge in [0.15, 0.2) is 0 Å². The summed E-state index contributed by atoms with van der Waals surface area (Å²) in [5.41, 5.74) is 7.05. The number of hydrogen-bond acceptors (Lipinski definition) is 4. The number of para-hydroxylation sites is 1. The number of nitrogens with two attached hydrogens (primary N) is 1. The van der Waals surface area contributed by atoms with Gasteiger partial charge in [-0.3, -0.25) is 14.4 Å². The second-order valence-corrected chi connectivity index (χ2v) is 5.83. The molecule has 0 unspecified atom stereocenters. The van der Waals surface area contributed by atoms with Gasteiger partial charge in [-0.25, -0.2) is 0 Å². The van der Waals surface area contributed by atoms with Gasteiger partial charge in [0, 0.05) is 36.2 Å². The molecule has 0 bridgehead atoms. The smallest absolute Gasteiger partial charge is 0.243 e. The first-order valence-corrected chi connectivity index (χ1v) is 8.08. The average Bonchev–Trinajstić information content (AvgIpc) is 2.94. The van der Waals surface area contributed by atoms with Gasteiger partial charge in [0.1, 0.15) is 12.1 Å². The Morgan fingerprint density at radius 3 is 2.54 bits per heavy atom. The van der Waals surface area contributed by atoms with Crippen LogP contribution in [0.5, 0.6) is 0 Å². The van der Waals surface area contributed by atoms with E-state index >= 15 is 0 Å². The highest BCUT2D eigenvalue weighted by Gasteiger charge is 2.25. The number of benzene rings is 1. The molecule has 24 heavy (non-hydrogen) atoms. The van der Waals surface area contributed by atoms with Crippen LogP contribution in [0.3, 0.4) is 0 Å². The zero-order chi connectivity index (χ0) is 17.7. The first-order valence-electron chi connectivity index (χ1n) is 7.45. The molecule has 8 heteroatoms. The van der Waals surface area contributed by atoms with Crippen molar-refractivity contribution in [2.75, 3.05) is 5.75 Å². The highest BCUT2D eigenvalue weighted by Crippen LogP contribution is 2.19. The number of fused-ring (bicyclic) bond motifs is 1. The van der Waals surface area contributed by atoms with E-state index in [4.69, 9.17) is 5.73 Å². The molecule has 0 aliphatic heterocycles. The lowest BCUT2D eigenvalue weighted by molar-refractivity contribution is -0.130. The molecule has 0 radical (unpaired) electrons. The highest BCUT2D eigenvalue weighted by atomic mass is 32.1. The van der Waals surface area contributed by atoms with Crippen LogP contribution in [0, 0.1) is 0 Å². The number of primary amides is 1. The largest absolute Gasteiger partial charge is 0.368 e. The monoisotopic (exact) mass is 348 g/mol. The minimum atomic E-state index is -0.889. The molecular formula is C16H20N4O3S. The number of rotatable bonds is 7. The maximum Gasteiger partial charge on any atom is 0.243 e. The van der Waals surface area contributed by atoms with Crippen LogP contribution in [-0.4, -0.2) is 40.5 Å². The zero-order valence-electron chi connectivity index (χ0n) is 13.2. The lowest BCUT2D eigenvalue weighted by Crippen LogP contribution is -2.54. The Bertz CT molecular complexity index is 759. The molecule has 3 amide bonds. The van der Waals surface area contributed by atoms with E-state index in [1.165, 1.54) is 6.92 Å². The van der Waals surface area contributed by atoms with Crippen molar-refractivity contribution in [3.63, 3.8) is 0 Å². The number of nitrogens with one attached hydrogen (secondary N) is 3. The Balaban J connectivity index is 2.20. The summed E-state index contributed by atoms with van der Waals surface area (Å²) in [6, 6.07) is 5.96. The fourth-order valence-corrected chi connectivity index (χ4v) is 2.73. The molecule has 5 N–H and O–H groups in total. The number of carbonyl (C=O) groups is 3. The molecule has 0 aliphatic rings. The number of aromatic nitrogens is 1. The van der Waals surface area contributed by atoms with Crippen LogP contribution in [0.25, 0.3) is 10.9 Å². The predicted octanol–water partition coefficient (Wildman–Crippen LogP) is 0.115. The van der Waals surface area contributed by atoms with Crippen molar-refractivity contribution in [3.8, 4) is 0 Å². The Labute approximate surface area is 144 Å². The molecule has 0 aliphatic carbocycles. The molecule has 2 atom stereocenters. The quantitative estimate of drug-likeness (QED) is 0.457. The summed E-state index contributed by atoms with van der Waals surface area (Å²) in [5.74, 6) is -1.40. The Morgan fingerprint density at radius 1 is 1.21 bits per heavy atom. The maximum atomic E-state index is 12.4. The van der Waals surface area contributed by atoms with E-state index in [9.17, 15) is 14.4 Å². The fourth-order valence-electron chi connectivity index (χ4n) is 2.45. The number of amides is 3. The molecule has 2 aromatic rings. The molecule has 0 fully saturated rings. The molecule has 1 aromatic carbocycles. The fraction of sp³-hybridized carbons (Fsp3) is 0.312. The van der Waals surface area contributed by atoms with Gasteiger partial charge in [0.25, 0.3) is 0 Å². The Morgan fingerprint density at radius 2 is 1.92 bits per heavy atom. The Kier molecular flexibility index (Phi) is 5.86. The topological polar surface area (TPSA) is 117 Å². The van der Waals surface area contributed by atoms with Crippen molar-refractivity contribution in [1.29, 1.82) is 0 Å². The summed E-state index contributed by atoms with van der Waals surface area (Å²) in [6.07, 6.45) is 2.09. The van der Waals surface area contributed by atoms with Crippen molar-refractivity contribution in [3.05, 3.63) is 36.0 Å². The lowest BCUT2D eigenvalue weighted by Gasteiger charge is -2.20. The minimum Gasteiger partial charge on any atom is -0.368 e. The first kappa shape index (κ1) is 17.9. The van der Waals surface area contributed by atoms with Gasteiger partial charge in [0.05, 0.1) is 0 Å². The standard InChI is InChI=1S/C16H20N4O3S/c1-9(21)19-13(16(23)20-14(8-24)15(17)22)6-10-7-18-12-5-3-2-4-11(10)12/h2-5,7,13-14,18,24H,6,8H2,1H3,(H2,17,22)(H,19,21)(H,20,23)/t13-,14-/m0/s1. The molecule has 1 heterocycles. The highest BCUT2D eigenvalue weighted by molar-refractivity contribution is 7.80. The molecule has 7 nitrogen and oxygen atoms in total. The third-order valence-electron chi connectivity index (χ3n) is 3.64. The molecule has 128 valence electrons. The number of carbonyl (C=O) groups excluding carboxylic acids is 3. The molecular weight excluding hydrogens is 328 g/mol. The van der Waals surface area contributed by atoms with Crippen molar-refractivity contribution in [2.24, 2.45) is 5.73 Å². The van der Waals surface area contributed by atoms with Gasteiger partial charge in [-0.05, 0) is 11.6 Å². The van der Waals surface area contributed by atoms with Crippen LogP contribution in [-0.2, 0) is 20.8 Å². The number of hydrogen-bond donors (Lipinski definition) is 5. The summed E-state index contributed by atoms with van der Waals surface area (Å²) in [7, 11) is 0. The average molecular weight is 348 g/mol. The van der Waals surface area contributed by atoms with Crippen molar-refractivity contribution in [2.45, 2.75) is 25.4 Å². The van der Waals surface area contributed by atoms with E-state index in [2.05, 4.69) is 28.2 Å². The summed E-state index contributed by atoms with van der Waals surface area (Å²) in [4.78, 5) is 38.3. The SMILES string of the molecule is CC(=O)N[C@@H](Cc1c[nH]c2ccccc12)C(=O)N[C@@H](CS)C(N)=O. The van der Waals surface area contributed by atoms with E-state index in [0.717, 1.165) is 16.5 Å². The first-order chi connectivity index (χ1) is 11.4. The third-order valence-corrected chi connectivity index (χ3v) is 4.00. The zero-order valence-corrected chi connectivity index (χ0v) is 14.1. The number of thiol groups is 1. The van der Waals surface area contributed by atoms with E-state index in [-0.39, 0.29) is 18.1 Å². The van der Waals surface area contributed by atoms with Crippen LogP contribution in [0.4, 0.5) is 0 Å². The second kappa shape index (κ2) is 7.87. The van der Waals surface area contributed by atoms with Crippen LogP contribution in [0.15, 0.2) is 30.5 Å². The van der Waals surface area contributed by atoms with Gasteiger partial charge in [-0.15, -0.1) is 0 Å².